The first-order valence-electron chi connectivity index (χ1n) is 7.16. The van der Waals surface area contributed by atoms with E-state index in [0.29, 0.717) is 16.5 Å². The van der Waals surface area contributed by atoms with E-state index in [1.807, 2.05) is 0 Å². The number of fused-ring (bicyclic) bond motifs is 1. The number of nitrogen functional groups attached to an aromatic ring is 1. The van der Waals surface area contributed by atoms with Gasteiger partial charge in [-0.3, -0.25) is 9.35 Å². The van der Waals surface area contributed by atoms with Crippen LogP contribution in [0.15, 0.2) is 59.5 Å². The highest BCUT2D eigenvalue weighted by molar-refractivity contribution is 7.86. The summed E-state index contributed by atoms with van der Waals surface area (Å²) in [5.41, 5.74) is 5.76. The number of hydrogen-bond donors (Lipinski definition) is 4. The maximum Gasteiger partial charge on any atom is 0.296 e. The second-order valence-corrected chi connectivity index (χ2v) is 6.76. The van der Waals surface area contributed by atoms with Gasteiger partial charge in [0.05, 0.1) is 0 Å². The van der Waals surface area contributed by atoms with E-state index in [-0.39, 0.29) is 5.56 Å². The minimum Gasteiger partial charge on any atom is -0.505 e. The minimum atomic E-state index is -4.68. The minimum absolute atomic E-state index is 0.175. The molecule has 0 aliphatic rings. The number of anilines is 2. The van der Waals surface area contributed by atoms with E-state index in [0.717, 1.165) is 0 Å². The van der Waals surface area contributed by atoms with Gasteiger partial charge in [-0.05, 0) is 29.7 Å². The summed E-state index contributed by atoms with van der Waals surface area (Å²) in [5.74, 6) is -1.13. The van der Waals surface area contributed by atoms with Crippen LogP contribution in [0.1, 0.15) is 10.4 Å². The molecule has 25 heavy (non-hydrogen) atoms. The topological polar surface area (TPSA) is 130 Å². The fourth-order valence-electron chi connectivity index (χ4n) is 2.49. The Morgan fingerprint density at radius 3 is 2.44 bits per heavy atom. The van der Waals surface area contributed by atoms with Crippen molar-refractivity contribution in [1.82, 2.24) is 0 Å². The molecule has 0 fully saturated rings. The average Bonchev–Trinajstić information content (AvgIpc) is 2.56. The van der Waals surface area contributed by atoms with Gasteiger partial charge in [-0.15, -0.1) is 0 Å². The molecule has 0 saturated carbocycles. The van der Waals surface area contributed by atoms with Crippen molar-refractivity contribution in [3.8, 4) is 5.75 Å². The normalized spacial score (nSPS) is 11.4. The Bertz CT molecular complexity index is 1090. The number of nitrogens with two attached hydrogens (primary N) is 1. The van der Waals surface area contributed by atoms with Gasteiger partial charge in [0.1, 0.15) is 16.3 Å². The van der Waals surface area contributed by atoms with Gasteiger partial charge in [-0.25, -0.2) is 0 Å². The second-order valence-electron chi connectivity index (χ2n) is 5.37. The van der Waals surface area contributed by atoms with E-state index < -0.39 is 32.4 Å². The zero-order valence-corrected chi connectivity index (χ0v) is 13.6. The summed E-state index contributed by atoms with van der Waals surface area (Å²) in [5, 5.41) is 13.5. The van der Waals surface area contributed by atoms with Crippen LogP contribution in [-0.2, 0) is 10.1 Å². The molecule has 3 rings (SSSR count). The van der Waals surface area contributed by atoms with Crippen molar-refractivity contribution in [2.75, 3.05) is 11.1 Å². The van der Waals surface area contributed by atoms with E-state index in [2.05, 4.69) is 5.32 Å². The van der Waals surface area contributed by atoms with Crippen LogP contribution in [0.2, 0.25) is 0 Å². The lowest BCUT2D eigenvalue weighted by atomic mass is 10.1. The Hall–Kier alpha value is -3.10. The number of aromatic hydroxyl groups is 1. The molecule has 0 saturated heterocycles. The Morgan fingerprint density at radius 1 is 1.04 bits per heavy atom. The van der Waals surface area contributed by atoms with Crippen LogP contribution in [0, 0.1) is 0 Å². The molecule has 0 unspecified atom stereocenters. The quantitative estimate of drug-likeness (QED) is 0.323. The highest BCUT2D eigenvalue weighted by Crippen LogP contribution is 2.38. The predicted molar refractivity (Wildman–Crippen MR) is 94.2 cm³/mol. The molecule has 8 heteroatoms. The van der Waals surface area contributed by atoms with Gasteiger partial charge in [-0.2, -0.15) is 8.42 Å². The fourth-order valence-corrected chi connectivity index (χ4v) is 3.17. The number of phenolic OH excluding ortho intramolecular Hbond substituents is 1. The number of carbonyl (C=O) groups is 1. The van der Waals surface area contributed by atoms with Crippen molar-refractivity contribution in [3.63, 3.8) is 0 Å². The Labute approximate surface area is 143 Å². The summed E-state index contributed by atoms with van der Waals surface area (Å²) >= 11 is 0. The lowest BCUT2D eigenvalue weighted by Gasteiger charge is -2.14. The monoisotopic (exact) mass is 358 g/mol. The smallest absolute Gasteiger partial charge is 0.296 e. The van der Waals surface area contributed by atoms with E-state index in [4.69, 9.17) is 5.73 Å². The average molecular weight is 358 g/mol. The molecule has 3 aromatic rings. The molecule has 0 spiro atoms. The van der Waals surface area contributed by atoms with Gasteiger partial charge in [0.25, 0.3) is 16.0 Å². The molecule has 0 aliphatic carbocycles. The van der Waals surface area contributed by atoms with Gasteiger partial charge in [-0.1, -0.05) is 30.3 Å². The van der Waals surface area contributed by atoms with Crippen LogP contribution in [0.5, 0.6) is 5.75 Å². The van der Waals surface area contributed by atoms with Crippen molar-refractivity contribution in [2.45, 2.75) is 4.90 Å². The van der Waals surface area contributed by atoms with E-state index in [1.54, 1.807) is 36.4 Å². The van der Waals surface area contributed by atoms with Crippen LogP contribution in [-0.4, -0.2) is 24.0 Å². The summed E-state index contributed by atoms with van der Waals surface area (Å²) in [7, 11) is -4.68. The summed E-state index contributed by atoms with van der Waals surface area (Å²) in [6, 6.07) is 13.7. The molecule has 1 amide bonds. The fraction of sp³-hybridized carbons (Fsp3) is 0. The van der Waals surface area contributed by atoms with Crippen LogP contribution < -0.4 is 11.1 Å². The molecule has 3 aromatic carbocycles. The Morgan fingerprint density at radius 2 is 1.76 bits per heavy atom. The Kier molecular flexibility index (Phi) is 4.07. The third-order valence-electron chi connectivity index (χ3n) is 3.65. The molecule has 0 aromatic heterocycles. The van der Waals surface area contributed by atoms with Crippen molar-refractivity contribution in [2.24, 2.45) is 0 Å². The summed E-state index contributed by atoms with van der Waals surface area (Å²) < 4.78 is 32.9. The molecule has 0 bridgehead atoms. The van der Waals surface area contributed by atoms with Crippen LogP contribution in [0.25, 0.3) is 10.8 Å². The van der Waals surface area contributed by atoms with E-state index in [9.17, 15) is 22.9 Å². The number of carbonyl (C=O) groups excluding carboxylic acids is 1. The number of amides is 1. The van der Waals surface area contributed by atoms with Crippen LogP contribution in [0.4, 0.5) is 11.4 Å². The standard InChI is InChI=1S/C17H14N2O5S/c18-12-6-3-5-11(8-12)17(21)19-15-14(25(22,23)24)9-10-4-1-2-7-13(10)16(15)20/h1-9,20H,18H2,(H,19,21)(H,22,23,24). The molecule has 0 heterocycles. The van der Waals surface area contributed by atoms with Gasteiger partial charge >= 0.3 is 0 Å². The lowest BCUT2D eigenvalue weighted by molar-refractivity contribution is 0.102. The lowest BCUT2D eigenvalue weighted by Crippen LogP contribution is -2.15. The molecular weight excluding hydrogens is 344 g/mol. The zero-order valence-electron chi connectivity index (χ0n) is 12.8. The highest BCUT2D eigenvalue weighted by Gasteiger charge is 2.23. The first kappa shape index (κ1) is 16.7. The molecule has 0 radical (unpaired) electrons. The molecule has 0 aliphatic heterocycles. The SMILES string of the molecule is Nc1cccc(C(=O)Nc2c(S(=O)(=O)O)cc3ccccc3c2O)c1. The zero-order chi connectivity index (χ0) is 18.2. The maximum absolute atomic E-state index is 12.4. The number of phenols is 1. The van der Waals surface area contributed by atoms with Crippen LogP contribution >= 0.6 is 0 Å². The summed E-state index contributed by atoms with van der Waals surface area (Å²) in [6.45, 7) is 0. The van der Waals surface area contributed by atoms with Gasteiger partial charge in [0.15, 0.2) is 0 Å². The number of benzene rings is 3. The van der Waals surface area contributed by atoms with Crippen molar-refractivity contribution in [3.05, 3.63) is 60.2 Å². The third-order valence-corrected chi connectivity index (χ3v) is 4.53. The second kappa shape index (κ2) is 6.08. The largest absolute Gasteiger partial charge is 0.505 e. The molecule has 5 N–H and O–H groups in total. The molecule has 128 valence electrons. The van der Waals surface area contributed by atoms with Crippen molar-refractivity contribution >= 4 is 38.2 Å². The van der Waals surface area contributed by atoms with Gasteiger partial charge < -0.3 is 16.2 Å². The van der Waals surface area contributed by atoms with Crippen molar-refractivity contribution < 1.29 is 22.9 Å². The van der Waals surface area contributed by atoms with Gasteiger partial charge in [0.2, 0.25) is 0 Å². The van der Waals surface area contributed by atoms with E-state index >= 15 is 0 Å². The summed E-state index contributed by atoms with van der Waals surface area (Å²) in [6.07, 6.45) is 0. The molecule has 0 atom stereocenters. The summed E-state index contributed by atoms with van der Waals surface area (Å²) in [4.78, 5) is 11.8. The highest BCUT2D eigenvalue weighted by atomic mass is 32.2. The number of hydrogen-bond acceptors (Lipinski definition) is 5. The number of nitrogens with one attached hydrogen (secondary N) is 1. The Balaban J connectivity index is 2.17. The third kappa shape index (κ3) is 3.25. The van der Waals surface area contributed by atoms with Gasteiger partial charge in [0, 0.05) is 16.6 Å². The van der Waals surface area contributed by atoms with E-state index in [1.165, 1.54) is 18.2 Å². The number of rotatable bonds is 3. The first-order valence-corrected chi connectivity index (χ1v) is 8.60. The predicted octanol–water partition coefficient (Wildman–Crippen LogP) is 2.63. The first-order chi connectivity index (χ1) is 11.8. The molecule has 7 nitrogen and oxygen atoms in total. The van der Waals surface area contributed by atoms with Crippen LogP contribution in [0.3, 0.4) is 0 Å². The van der Waals surface area contributed by atoms with Crippen molar-refractivity contribution in [1.29, 1.82) is 0 Å². The maximum atomic E-state index is 12.4. The molecular formula is C17H14N2O5S.